The van der Waals surface area contributed by atoms with Crippen LogP contribution in [0.25, 0.3) is 0 Å². The summed E-state index contributed by atoms with van der Waals surface area (Å²) in [5, 5.41) is 2.38. The third-order valence-corrected chi connectivity index (χ3v) is 2.91. The number of quaternary nitrogens is 1. The number of unbranched alkanes of at least 4 members (excludes halogenated alkanes) is 3. The molecule has 0 saturated heterocycles. The molecule has 3 heteroatoms. The number of para-hydroxylation sites is 1. The van der Waals surface area contributed by atoms with Gasteiger partial charge in [0.2, 0.25) is 0 Å². The van der Waals surface area contributed by atoms with E-state index >= 15 is 0 Å². The summed E-state index contributed by atoms with van der Waals surface area (Å²) in [6.07, 6.45) is 5.93. The van der Waals surface area contributed by atoms with Crippen molar-refractivity contribution in [2.24, 2.45) is 0 Å². The third kappa shape index (κ3) is 6.60. The molecule has 0 amide bonds. The lowest BCUT2D eigenvalue weighted by Crippen LogP contribution is -2.84. The summed E-state index contributed by atoms with van der Waals surface area (Å²) in [6.45, 7) is 5.26. The van der Waals surface area contributed by atoms with Gasteiger partial charge in [0.1, 0.15) is 0 Å². The Bertz CT molecular complexity index is 317. The molecule has 0 aliphatic carbocycles. The van der Waals surface area contributed by atoms with Gasteiger partial charge in [0.25, 0.3) is 0 Å². The summed E-state index contributed by atoms with van der Waals surface area (Å²) in [5.74, 6) is 0.0948. The third-order valence-electron chi connectivity index (χ3n) is 2.91. The molecule has 0 fully saturated rings. The molecule has 0 atom stereocenters. The van der Waals surface area contributed by atoms with Gasteiger partial charge in [0.05, 0.1) is 19.7 Å². The SMILES string of the molecule is CCCC[NH2+]CCCCCOc1ccccc1F. The summed E-state index contributed by atoms with van der Waals surface area (Å²) in [6, 6.07) is 6.57. The Kier molecular flexibility index (Phi) is 8.23. The van der Waals surface area contributed by atoms with Gasteiger partial charge in [-0.3, -0.25) is 0 Å². The van der Waals surface area contributed by atoms with Crippen LogP contribution in [0.15, 0.2) is 24.3 Å². The van der Waals surface area contributed by atoms with E-state index < -0.39 is 0 Å². The average Bonchev–Trinajstić information content (AvgIpc) is 2.39. The van der Waals surface area contributed by atoms with Crippen LogP contribution in [-0.4, -0.2) is 19.7 Å². The molecule has 2 N–H and O–H groups in total. The van der Waals surface area contributed by atoms with E-state index in [1.807, 2.05) is 0 Å². The molecule has 0 aromatic heterocycles. The van der Waals surface area contributed by atoms with Crippen LogP contribution in [0.1, 0.15) is 39.0 Å². The highest BCUT2D eigenvalue weighted by Crippen LogP contribution is 2.15. The Morgan fingerprint density at radius 1 is 1.06 bits per heavy atom. The maximum absolute atomic E-state index is 13.2. The minimum Gasteiger partial charge on any atom is -0.491 e. The van der Waals surface area contributed by atoms with Gasteiger partial charge in [-0.2, -0.15) is 0 Å². The zero-order valence-corrected chi connectivity index (χ0v) is 11.3. The Morgan fingerprint density at radius 2 is 1.83 bits per heavy atom. The quantitative estimate of drug-likeness (QED) is 0.638. The second-order valence-corrected chi connectivity index (χ2v) is 4.56. The van der Waals surface area contributed by atoms with Crippen molar-refractivity contribution >= 4 is 0 Å². The van der Waals surface area contributed by atoms with E-state index in [0.717, 1.165) is 12.8 Å². The molecule has 0 unspecified atom stereocenters. The van der Waals surface area contributed by atoms with Gasteiger partial charge in [-0.1, -0.05) is 25.5 Å². The number of benzene rings is 1. The topological polar surface area (TPSA) is 25.8 Å². The number of nitrogens with two attached hydrogens (primary N) is 1. The number of hydrogen-bond donors (Lipinski definition) is 1. The summed E-state index contributed by atoms with van der Waals surface area (Å²) in [7, 11) is 0. The lowest BCUT2D eigenvalue weighted by molar-refractivity contribution is -0.655. The first-order chi connectivity index (χ1) is 8.84. The summed E-state index contributed by atoms with van der Waals surface area (Å²) in [5.41, 5.74) is 0. The van der Waals surface area contributed by atoms with Crippen LogP contribution >= 0.6 is 0 Å². The Balaban J connectivity index is 1.94. The van der Waals surface area contributed by atoms with E-state index in [4.69, 9.17) is 4.74 Å². The molecule has 0 aliphatic rings. The van der Waals surface area contributed by atoms with Gasteiger partial charge in [-0.25, -0.2) is 4.39 Å². The predicted molar refractivity (Wildman–Crippen MR) is 72.3 cm³/mol. The van der Waals surface area contributed by atoms with Crippen LogP contribution in [0.5, 0.6) is 5.75 Å². The van der Waals surface area contributed by atoms with Crippen molar-refractivity contribution in [1.82, 2.24) is 0 Å². The van der Waals surface area contributed by atoms with Crippen molar-refractivity contribution < 1.29 is 14.4 Å². The second kappa shape index (κ2) is 9.89. The maximum atomic E-state index is 13.2. The predicted octanol–water partition coefficient (Wildman–Crippen LogP) is 2.74. The molecule has 0 aliphatic heterocycles. The molecule has 0 bridgehead atoms. The molecular formula is C15H25FNO+. The Morgan fingerprint density at radius 3 is 2.61 bits per heavy atom. The summed E-state index contributed by atoms with van der Waals surface area (Å²) >= 11 is 0. The standard InChI is InChI=1S/C15H24FNO/c1-2-3-11-17-12-7-4-8-13-18-15-10-6-5-9-14(15)16/h5-6,9-10,17H,2-4,7-8,11-13H2,1H3/p+1. The fraction of sp³-hybridized carbons (Fsp3) is 0.600. The smallest absolute Gasteiger partial charge is 0.165 e. The monoisotopic (exact) mass is 254 g/mol. The van der Waals surface area contributed by atoms with E-state index in [9.17, 15) is 4.39 Å². The van der Waals surface area contributed by atoms with Gasteiger partial charge in [0, 0.05) is 0 Å². The minimum absolute atomic E-state index is 0.273. The highest BCUT2D eigenvalue weighted by atomic mass is 19.1. The van der Waals surface area contributed by atoms with Crippen molar-refractivity contribution in [2.75, 3.05) is 19.7 Å². The molecule has 2 nitrogen and oxygen atoms in total. The average molecular weight is 254 g/mol. The van der Waals surface area contributed by atoms with Crippen LogP contribution in [-0.2, 0) is 0 Å². The van der Waals surface area contributed by atoms with Crippen LogP contribution in [0, 0.1) is 5.82 Å². The molecule has 18 heavy (non-hydrogen) atoms. The lowest BCUT2D eigenvalue weighted by Gasteiger charge is -2.06. The van der Waals surface area contributed by atoms with E-state index in [1.165, 1.54) is 38.4 Å². The molecule has 0 spiro atoms. The lowest BCUT2D eigenvalue weighted by atomic mass is 10.2. The molecule has 1 aromatic carbocycles. The number of halogens is 1. The van der Waals surface area contributed by atoms with Gasteiger partial charge in [0.15, 0.2) is 11.6 Å². The highest BCUT2D eigenvalue weighted by molar-refractivity contribution is 5.23. The molecule has 102 valence electrons. The molecule has 0 heterocycles. The first-order valence-corrected chi connectivity index (χ1v) is 7.03. The van der Waals surface area contributed by atoms with Gasteiger partial charge < -0.3 is 10.1 Å². The number of ether oxygens (including phenoxy) is 1. The molecule has 0 radical (unpaired) electrons. The minimum atomic E-state index is -0.273. The normalized spacial score (nSPS) is 10.6. The fourth-order valence-electron chi connectivity index (χ4n) is 1.80. The summed E-state index contributed by atoms with van der Waals surface area (Å²) in [4.78, 5) is 0. The first-order valence-electron chi connectivity index (χ1n) is 7.03. The molecule has 1 rings (SSSR count). The zero-order chi connectivity index (χ0) is 13.1. The Labute approximate surface area is 110 Å². The van der Waals surface area contributed by atoms with Crippen LogP contribution in [0.2, 0.25) is 0 Å². The van der Waals surface area contributed by atoms with Crippen molar-refractivity contribution in [3.8, 4) is 5.75 Å². The van der Waals surface area contributed by atoms with Crippen molar-refractivity contribution in [3.05, 3.63) is 30.1 Å². The first kappa shape index (κ1) is 15.0. The van der Waals surface area contributed by atoms with Crippen molar-refractivity contribution in [3.63, 3.8) is 0 Å². The Hall–Kier alpha value is -1.09. The van der Waals surface area contributed by atoms with Crippen LogP contribution < -0.4 is 10.1 Å². The zero-order valence-electron chi connectivity index (χ0n) is 11.3. The van der Waals surface area contributed by atoms with E-state index in [2.05, 4.69) is 12.2 Å². The molecule has 1 aromatic rings. The van der Waals surface area contributed by atoms with Crippen LogP contribution in [0.3, 0.4) is 0 Å². The van der Waals surface area contributed by atoms with Gasteiger partial charge >= 0.3 is 0 Å². The second-order valence-electron chi connectivity index (χ2n) is 4.56. The van der Waals surface area contributed by atoms with Crippen molar-refractivity contribution in [2.45, 2.75) is 39.0 Å². The van der Waals surface area contributed by atoms with Gasteiger partial charge in [-0.15, -0.1) is 0 Å². The number of rotatable bonds is 10. The number of hydrogen-bond acceptors (Lipinski definition) is 1. The van der Waals surface area contributed by atoms with E-state index in [-0.39, 0.29) is 5.82 Å². The van der Waals surface area contributed by atoms with Gasteiger partial charge in [-0.05, 0) is 37.8 Å². The largest absolute Gasteiger partial charge is 0.491 e. The fourth-order valence-corrected chi connectivity index (χ4v) is 1.80. The summed E-state index contributed by atoms with van der Waals surface area (Å²) < 4.78 is 18.6. The molecular weight excluding hydrogens is 229 g/mol. The van der Waals surface area contributed by atoms with E-state index in [1.54, 1.807) is 18.2 Å². The molecule has 0 saturated carbocycles. The van der Waals surface area contributed by atoms with Crippen molar-refractivity contribution in [1.29, 1.82) is 0 Å². The maximum Gasteiger partial charge on any atom is 0.165 e. The van der Waals surface area contributed by atoms with E-state index in [0.29, 0.717) is 12.4 Å². The highest BCUT2D eigenvalue weighted by Gasteiger charge is 2.00. The van der Waals surface area contributed by atoms with Crippen LogP contribution in [0.4, 0.5) is 4.39 Å².